The lowest BCUT2D eigenvalue weighted by Crippen LogP contribution is -2.16. The first-order valence-electron chi connectivity index (χ1n) is 10.4. The number of hydrogen-bond donors (Lipinski definition) is 1. The van der Waals surface area contributed by atoms with E-state index in [0.29, 0.717) is 45.4 Å². The monoisotopic (exact) mass is 455 g/mol. The summed E-state index contributed by atoms with van der Waals surface area (Å²) in [5.74, 6) is 1.64. The standard InChI is InChI=1S/C24H21N7O3/c1-15-11-21(28-24(32)16-9-10-19(33-2)20(12-16)34-3)31(29-15)23-18-13-27-30(22(18)25-14-26-23)17-7-5-4-6-8-17/h4-14H,1-3H3,(H,28,32). The van der Waals surface area contributed by atoms with Crippen LogP contribution in [0.3, 0.4) is 0 Å². The van der Waals surface area contributed by atoms with E-state index in [1.54, 1.807) is 46.9 Å². The number of amides is 1. The van der Waals surface area contributed by atoms with Gasteiger partial charge in [0.25, 0.3) is 5.91 Å². The van der Waals surface area contributed by atoms with Crippen LogP contribution >= 0.6 is 0 Å². The Morgan fingerprint density at radius 2 is 1.74 bits per heavy atom. The maximum atomic E-state index is 13.0. The molecule has 0 radical (unpaired) electrons. The van der Waals surface area contributed by atoms with Gasteiger partial charge in [-0.15, -0.1) is 0 Å². The van der Waals surface area contributed by atoms with Gasteiger partial charge in [-0.2, -0.15) is 14.9 Å². The van der Waals surface area contributed by atoms with Crippen LogP contribution in [0.4, 0.5) is 5.82 Å². The quantitative estimate of drug-likeness (QED) is 0.417. The Hall–Kier alpha value is -4.73. The van der Waals surface area contributed by atoms with Crippen molar-refractivity contribution in [2.45, 2.75) is 6.92 Å². The topological polar surface area (TPSA) is 109 Å². The summed E-state index contributed by atoms with van der Waals surface area (Å²) >= 11 is 0. The number of fused-ring (bicyclic) bond motifs is 1. The zero-order chi connectivity index (χ0) is 23.7. The molecule has 170 valence electrons. The van der Waals surface area contributed by atoms with Crippen LogP contribution in [-0.2, 0) is 0 Å². The molecule has 0 unspecified atom stereocenters. The van der Waals surface area contributed by atoms with Gasteiger partial charge < -0.3 is 14.8 Å². The maximum Gasteiger partial charge on any atom is 0.256 e. The lowest BCUT2D eigenvalue weighted by molar-refractivity contribution is 0.102. The van der Waals surface area contributed by atoms with Crippen LogP contribution in [0.1, 0.15) is 16.1 Å². The number of anilines is 1. The minimum atomic E-state index is -0.326. The van der Waals surface area contributed by atoms with Crippen molar-refractivity contribution in [1.29, 1.82) is 0 Å². The van der Waals surface area contributed by atoms with E-state index >= 15 is 0 Å². The molecule has 0 saturated carbocycles. The van der Waals surface area contributed by atoms with Gasteiger partial charge in [-0.25, -0.2) is 14.6 Å². The van der Waals surface area contributed by atoms with Crippen LogP contribution in [-0.4, -0.2) is 49.7 Å². The van der Waals surface area contributed by atoms with Crippen molar-refractivity contribution in [3.8, 4) is 23.0 Å². The molecule has 0 saturated heterocycles. The molecule has 1 N–H and O–H groups in total. The van der Waals surface area contributed by atoms with E-state index < -0.39 is 0 Å². The van der Waals surface area contributed by atoms with Crippen LogP contribution in [0.25, 0.3) is 22.5 Å². The minimum Gasteiger partial charge on any atom is -0.493 e. The number of nitrogens with zero attached hydrogens (tertiary/aromatic N) is 6. The Balaban J connectivity index is 1.53. The van der Waals surface area contributed by atoms with E-state index in [2.05, 4.69) is 25.5 Å². The number of para-hydroxylation sites is 1. The number of ether oxygens (including phenoxy) is 2. The third kappa shape index (κ3) is 3.71. The van der Waals surface area contributed by atoms with E-state index in [0.717, 1.165) is 5.69 Å². The summed E-state index contributed by atoms with van der Waals surface area (Å²) in [6.07, 6.45) is 3.14. The van der Waals surface area contributed by atoms with Crippen LogP contribution in [0.15, 0.2) is 67.1 Å². The Morgan fingerprint density at radius 3 is 2.50 bits per heavy atom. The Labute approximate surface area is 194 Å². The van der Waals surface area contributed by atoms with E-state index in [-0.39, 0.29) is 5.91 Å². The van der Waals surface area contributed by atoms with Crippen molar-refractivity contribution in [2.24, 2.45) is 0 Å². The lowest BCUT2D eigenvalue weighted by Gasteiger charge is -2.11. The largest absolute Gasteiger partial charge is 0.493 e. The highest BCUT2D eigenvalue weighted by Gasteiger charge is 2.19. The highest BCUT2D eigenvalue weighted by Crippen LogP contribution is 2.28. The maximum absolute atomic E-state index is 13.0. The summed E-state index contributed by atoms with van der Waals surface area (Å²) in [6.45, 7) is 1.84. The number of rotatable bonds is 6. The Kier molecular flexibility index (Phi) is 5.38. The fourth-order valence-corrected chi connectivity index (χ4v) is 3.67. The van der Waals surface area contributed by atoms with Gasteiger partial charge in [0.15, 0.2) is 23.0 Å². The number of carbonyl (C=O) groups is 1. The number of aryl methyl sites for hydroxylation is 1. The lowest BCUT2D eigenvalue weighted by atomic mass is 10.2. The summed E-state index contributed by atoms with van der Waals surface area (Å²) in [6, 6.07) is 16.4. The molecular weight excluding hydrogens is 434 g/mol. The first-order valence-corrected chi connectivity index (χ1v) is 10.4. The highest BCUT2D eigenvalue weighted by molar-refractivity contribution is 6.04. The van der Waals surface area contributed by atoms with Crippen molar-refractivity contribution in [2.75, 3.05) is 19.5 Å². The molecule has 0 aliphatic heterocycles. The molecule has 34 heavy (non-hydrogen) atoms. The summed E-state index contributed by atoms with van der Waals surface area (Å²) in [4.78, 5) is 21.9. The van der Waals surface area contributed by atoms with Gasteiger partial charge >= 0.3 is 0 Å². The summed E-state index contributed by atoms with van der Waals surface area (Å²) < 4.78 is 13.9. The molecule has 0 spiro atoms. The Bertz CT molecular complexity index is 1490. The van der Waals surface area contributed by atoms with Gasteiger partial charge in [-0.1, -0.05) is 18.2 Å². The van der Waals surface area contributed by atoms with Gasteiger partial charge in [0, 0.05) is 11.6 Å². The molecule has 0 atom stereocenters. The predicted molar refractivity (Wildman–Crippen MR) is 126 cm³/mol. The smallest absolute Gasteiger partial charge is 0.256 e. The molecule has 3 heterocycles. The van der Waals surface area contributed by atoms with Crippen LogP contribution in [0.5, 0.6) is 11.5 Å². The van der Waals surface area contributed by atoms with Gasteiger partial charge in [0.1, 0.15) is 12.1 Å². The molecule has 10 heteroatoms. The molecule has 0 aliphatic carbocycles. The third-order valence-electron chi connectivity index (χ3n) is 5.27. The van der Waals surface area contributed by atoms with Gasteiger partial charge in [-0.3, -0.25) is 4.79 Å². The fraction of sp³-hybridized carbons (Fsp3) is 0.125. The van der Waals surface area contributed by atoms with E-state index in [1.807, 2.05) is 37.3 Å². The van der Waals surface area contributed by atoms with E-state index in [1.165, 1.54) is 13.4 Å². The molecule has 1 amide bonds. The van der Waals surface area contributed by atoms with Crippen molar-refractivity contribution >= 4 is 22.8 Å². The second-order valence-corrected chi connectivity index (χ2v) is 7.43. The molecule has 5 rings (SSSR count). The number of carbonyl (C=O) groups excluding carboxylic acids is 1. The predicted octanol–water partition coefficient (Wildman–Crippen LogP) is 3.58. The Morgan fingerprint density at radius 1 is 0.941 bits per heavy atom. The summed E-state index contributed by atoms with van der Waals surface area (Å²) in [5, 5.41) is 12.6. The van der Waals surface area contributed by atoms with Gasteiger partial charge in [-0.05, 0) is 37.3 Å². The first kappa shape index (κ1) is 21.1. The van der Waals surface area contributed by atoms with Crippen molar-refractivity contribution in [3.63, 3.8) is 0 Å². The number of aromatic nitrogens is 6. The normalized spacial score (nSPS) is 10.9. The van der Waals surface area contributed by atoms with Crippen LogP contribution < -0.4 is 14.8 Å². The summed E-state index contributed by atoms with van der Waals surface area (Å²) in [5.41, 5.74) is 2.62. The summed E-state index contributed by atoms with van der Waals surface area (Å²) in [7, 11) is 3.06. The van der Waals surface area contributed by atoms with Gasteiger partial charge in [0.05, 0.1) is 37.2 Å². The van der Waals surface area contributed by atoms with Crippen molar-refractivity contribution in [1.82, 2.24) is 29.5 Å². The van der Waals surface area contributed by atoms with Crippen LogP contribution in [0.2, 0.25) is 0 Å². The first-order chi connectivity index (χ1) is 16.6. The molecule has 5 aromatic rings. The molecule has 3 aromatic heterocycles. The average Bonchev–Trinajstić information content (AvgIpc) is 3.47. The average molecular weight is 455 g/mol. The zero-order valence-corrected chi connectivity index (χ0v) is 18.8. The van der Waals surface area contributed by atoms with Crippen molar-refractivity contribution < 1.29 is 14.3 Å². The second kappa shape index (κ2) is 8.66. The van der Waals surface area contributed by atoms with Crippen LogP contribution in [0, 0.1) is 6.92 Å². The zero-order valence-electron chi connectivity index (χ0n) is 18.8. The molecular formula is C24H21N7O3. The number of nitrogens with one attached hydrogen (secondary N) is 1. The minimum absolute atomic E-state index is 0.326. The molecule has 0 bridgehead atoms. The fourth-order valence-electron chi connectivity index (χ4n) is 3.67. The number of hydrogen-bond acceptors (Lipinski definition) is 7. The van der Waals surface area contributed by atoms with E-state index in [4.69, 9.17) is 9.47 Å². The molecule has 10 nitrogen and oxygen atoms in total. The molecule has 2 aromatic carbocycles. The van der Waals surface area contributed by atoms with Crippen molar-refractivity contribution in [3.05, 3.63) is 78.4 Å². The van der Waals surface area contributed by atoms with Gasteiger partial charge in [0.2, 0.25) is 0 Å². The highest BCUT2D eigenvalue weighted by atomic mass is 16.5. The molecule has 0 aliphatic rings. The third-order valence-corrected chi connectivity index (χ3v) is 5.27. The number of methoxy groups -OCH3 is 2. The second-order valence-electron chi connectivity index (χ2n) is 7.43. The van der Waals surface area contributed by atoms with E-state index in [9.17, 15) is 4.79 Å². The number of benzene rings is 2. The molecule has 0 fully saturated rings. The SMILES string of the molecule is COc1ccc(C(=O)Nc2cc(C)nn2-c2ncnc3c2cnn3-c2ccccc2)cc1OC.